The predicted octanol–water partition coefficient (Wildman–Crippen LogP) is 3.22. The van der Waals surface area contributed by atoms with E-state index in [1.54, 1.807) is 0 Å². The number of hydrogen-bond donors (Lipinski definition) is 0. The van der Waals surface area contributed by atoms with Crippen LogP contribution in [0.15, 0.2) is 28.4 Å². The molecule has 0 unspecified atom stereocenters. The lowest BCUT2D eigenvalue weighted by Gasteiger charge is -1.99. The van der Waals surface area contributed by atoms with Gasteiger partial charge in [0.15, 0.2) is 0 Å². The zero-order valence-electron chi connectivity index (χ0n) is 7.00. The fourth-order valence-electron chi connectivity index (χ4n) is 1.27. The first-order valence-electron chi connectivity index (χ1n) is 3.86. The topological polar surface area (TPSA) is 17.1 Å². The van der Waals surface area contributed by atoms with Crippen LogP contribution in [0.2, 0.25) is 5.02 Å². The summed E-state index contributed by atoms with van der Waals surface area (Å²) in [6.07, 6.45) is 0. The van der Waals surface area contributed by atoms with E-state index in [1.165, 1.54) is 11.3 Å². The summed E-state index contributed by atoms with van der Waals surface area (Å²) in [4.78, 5) is 11.3. The molecule has 0 aliphatic carbocycles. The highest BCUT2D eigenvalue weighted by atomic mass is 35.5. The van der Waals surface area contributed by atoms with Crippen molar-refractivity contribution in [2.24, 2.45) is 0 Å². The predicted molar refractivity (Wildman–Crippen MR) is 57.8 cm³/mol. The van der Waals surface area contributed by atoms with Crippen molar-refractivity contribution >= 4 is 33.7 Å². The van der Waals surface area contributed by atoms with Crippen molar-refractivity contribution in [1.82, 2.24) is 0 Å². The number of halogens is 1. The second kappa shape index (κ2) is 3.13. The Morgan fingerprint density at radius 2 is 2.15 bits per heavy atom. The van der Waals surface area contributed by atoms with Crippen molar-refractivity contribution in [2.45, 2.75) is 6.92 Å². The summed E-state index contributed by atoms with van der Waals surface area (Å²) in [6, 6.07) is 5.60. The molecule has 2 aromatic rings. The van der Waals surface area contributed by atoms with Crippen LogP contribution < -0.4 is 4.74 Å². The molecule has 0 amide bonds. The molecule has 0 atom stereocenters. The van der Waals surface area contributed by atoms with Crippen LogP contribution in [-0.4, -0.2) is 0 Å². The molecule has 0 N–H and O–H groups in total. The third kappa shape index (κ3) is 1.47. The first-order valence-corrected chi connectivity index (χ1v) is 5.12. The van der Waals surface area contributed by atoms with Crippen molar-refractivity contribution in [3.05, 3.63) is 43.7 Å². The molecule has 0 radical (unpaired) electrons. The zero-order chi connectivity index (χ0) is 9.42. The maximum absolute atomic E-state index is 11.3. The van der Waals surface area contributed by atoms with E-state index in [2.05, 4.69) is 0 Å². The Hall–Kier alpha value is -0.860. The average Bonchev–Trinajstić information content (AvgIpc) is 2.12. The summed E-state index contributed by atoms with van der Waals surface area (Å²) in [5.74, 6) is 0. The Morgan fingerprint density at radius 3 is 2.92 bits per heavy atom. The Morgan fingerprint density at radius 1 is 1.38 bits per heavy atom. The molecule has 3 heteroatoms. The van der Waals surface area contributed by atoms with E-state index in [-0.39, 0.29) is 4.74 Å². The van der Waals surface area contributed by atoms with Crippen LogP contribution in [0.25, 0.3) is 10.8 Å². The monoisotopic (exact) mass is 210 g/mol. The van der Waals surface area contributed by atoms with Crippen molar-refractivity contribution in [3.63, 3.8) is 0 Å². The van der Waals surface area contributed by atoms with Gasteiger partial charge in [-0.3, -0.25) is 4.79 Å². The van der Waals surface area contributed by atoms with E-state index < -0.39 is 0 Å². The fourth-order valence-corrected chi connectivity index (χ4v) is 2.17. The van der Waals surface area contributed by atoms with Gasteiger partial charge in [0.1, 0.15) is 0 Å². The van der Waals surface area contributed by atoms with Gasteiger partial charge in [0.25, 0.3) is 0 Å². The van der Waals surface area contributed by atoms with Gasteiger partial charge in [-0.1, -0.05) is 17.7 Å². The average molecular weight is 211 g/mol. The minimum Gasteiger partial charge on any atom is -0.278 e. The van der Waals surface area contributed by atoms with Crippen LogP contribution in [0, 0.1) is 6.92 Å². The third-order valence-corrected chi connectivity index (χ3v) is 3.15. The van der Waals surface area contributed by atoms with Crippen LogP contribution in [-0.2, 0) is 0 Å². The Labute approximate surface area is 84.6 Å². The lowest BCUT2D eigenvalue weighted by Crippen LogP contribution is -1.98. The summed E-state index contributed by atoms with van der Waals surface area (Å²) in [5.41, 5.74) is 0.782. The van der Waals surface area contributed by atoms with Gasteiger partial charge in [-0.2, -0.15) is 0 Å². The van der Waals surface area contributed by atoms with E-state index in [0.717, 1.165) is 16.3 Å². The molecule has 0 spiro atoms. The maximum atomic E-state index is 11.3. The number of aryl methyl sites for hydroxylation is 1. The number of benzene rings is 1. The Bertz CT molecular complexity index is 516. The van der Waals surface area contributed by atoms with E-state index >= 15 is 0 Å². The number of fused-ring (bicyclic) bond motifs is 1. The molecule has 0 saturated heterocycles. The summed E-state index contributed by atoms with van der Waals surface area (Å²) in [5, 5.41) is 4.56. The van der Waals surface area contributed by atoms with Crippen LogP contribution >= 0.6 is 22.9 Å². The van der Waals surface area contributed by atoms with Gasteiger partial charge in [-0.05, 0) is 29.8 Å². The van der Waals surface area contributed by atoms with Gasteiger partial charge in [0.2, 0.25) is 4.74 Å². The Balaban J connectivity index is 2.97. The minimum absolute atomic E-state index is 0.106. The quantitative estimate of drug-likeness (QED) is 0.653. The molecule has 1 aromatic heterocycles. The van der Waals surface area contributed by atoms with Crippen LogP contribution in [0.3, 0.4) is 0 Å². The molecule has 0 fully saturated rings. The standard InChI is InChI=1S/C10H7ClOS/c1-6-9-4-8(11)3-2-7(9)5-13-10(6)12/h2-5H,1H3. The summed E-state index contributed by atoms with van der Waals surface area (Å²) >= 11 is 7.08. The van der Waals surface area contributed by atoms with Gasteiger partial charge < -0.3 is 0 Å². The summed E-state index contributed by atoms with van der Waals surface area (Å²) < 4.78 is 0.106. The molecule has 0 aliphatic rings. The molecule has 0 aliphatic heterocycles. The van der Waals surface area contributed by atoms with E-state index in [9.17, 15) is 4.79 Å². The minimum atomic E-state index is 0.106. The van der Waals surface area contributed by atoms with E-state index in [0.29, 0.717) is 5.02 Å². The highest BCUT2D eigenvalue weighted by molar-refractivity contribution is 7.07. The summed E-state index contributed by atoms with van der Waals surface area (Å²) in [6.45, 7) is 1.83. The second-order valence-electron chi connectivity index (χ2n) is 2.88. The molecule has 0 saturated carbocycles. The largest absolute Gasteiger partial charge is 0.278 e. The molecule has 13 heavy (non-hydrogen) atoms. The lowest BCUT2D eigenvalue weighted by atomic mass is 10.1. The van der Waals surface area contributed by atoms with Crippen LogP contribution in [0.1, 0.15) is 5.56 Å². The molecular formula is C10H7ClOS. The fraction of sp³-hybridized carbons (Fsp3) is 0.100. The van der Waals surface area contributed by atoms with Crippen molar-refractivity contribution in [2.75, 3.05) is 0 Å². The van der Waals surface area contributed by atoms with Crippen molar-refractivity contribution in [3.8, 4) is 0 Å². The first-order chi connectivity index (χ1) is 6.18. The van der Waals surface area contributed by atoms with Gasteiger partial charge in [-0.25, -0.2) is 0 Å². The molecule has 1 nitrogen and oxygen atoms in total. The number of rotatable bonds is 0. The second-order valence-corrected chi connectivity index (χ2v) is 4.16. The Kier molecular flexibility index (Phi) is 2.10. The van der Waals surface area contributed by atoms with Crippen molar-refractivity contribution < 1.29 is 0 Å². The van der Waals surface area contributed by atoms with Crippen LogP contribution in [0.4, 0.5) is 0 Å². The normalized spacial score (nSPS) is 10.6. The smallest absolute Gasteiger partial charge is 0.235 e. The molecule has 1 aromatic carbocycles. The first kappa shape index (κ1) is 8.73. The molecule has 2 rings (SSSR count). The summed E-state index contributed by atoms with van der Waals surface area (Å²) in [7, 11) is 0. The molecular weight excluding hydrogens is 204 g/mol. The lowest BCUT2D eigenvalue weighted by molar-refractivity contribution is 1.52. The maximum Gasteiger partial charge on any atom is 0.235 e. The van der Waals surface area contributed by atoms with E-state index in [1.807, 2.05) is 30.5 Å². The SMILES string of the molecule is Cc1c(=O)scc2ccc(Cl)cc12. The van der Waals surface area contributed by atoms with Gasteiger partial charge in [-0.15, -0.1) is 11.3 Å². The highest BCUT2D eigenvalue weighted by Gasteiger charge is 2.01. The highest BCUT2D eigenvalue weighted by Crippen LogP contribution is 2.21. The van der Waals surface area contributed by atoms with Gasteiger partial charge >= 0.3 is 0 Å². The van der Waals surface area contributed by atoms with Crippen molar-refractivity contribution in [1.29, 1.82) is 0 Å². The third-order valence-electron chi connectivity index (χ3n) is 2.02. The molecule has 66 valence electrons. The molecule has 0 bridgehead atoms. The van der Waals surface area contributed by atoms with Gasteiger partial charge in [0.05, 0.1) is 0 Å². The van der Waals surface area contributed by atoms with Crippen LogP contribution in [0.5, 0.6) is 0 Å². The van der Waals surface area contributed by atoms with E-state index in [4.69, 9.17) is 11.6 Å². The van der Waals surface area contributed by atoms with Gasteiger partial charge in [0, 0.05) is 16.0 Å². The number of hydrogen-bond acceptors (Lipinski definition) is 2. The molecule has 1 heterocycles. The zero-order valence-corrected chi connectivity index (χ0v) is 8.58.